The van der Waals surface area contributed by atoms with Crippen LogP contribution in [0.15, 0.2) is 24.4 Å². The molecular formula is C27H32Cl2N6O2. The molecule has 4 heterocycles. The molecule has 3 aliphatic rings. The van der Waals surface area contributed by atoms with Crippen LogP contribution < -0.4 is 4.90 Å². The number of anilines is 1. The molecule has 3 fully saturated rings. The first-order valence-electron chi connectivity index (χ1n) is 13.2. The number of aromatic nitrogens is 4. The van der Waals surface area contributed by atoms with Gasteiger partial charge in [-0.1, -0.05) is 29.3 Å². The first kappa shape index (κ1) is 24.9. The minimum Gasteiger partial charge on any atom is -0.481 e. The van der Waals surface area contributed by atoms with E-state index in [-0.39, 0.29) is 12.0 Å². The zero-order valence-electron chi connectivity index (χ0n) is 21.1. The topological polar surface area (TPSA) is 87.4 Å². The van der Waals surface area contributed by atoms with Crippen LogP contribution in [0.3, 0.4) is 0 Å². The van der Waals surface area contributed by atoms with Crippen molar-refractivity contribution in [2.75, 3.05) is 31.1 Å². The monoisotopic (exact) mass is 542 g/mol. The van der Waals surface area contributed by atoms with Gasteiger partial charge in [0.1, 0.15) is 11.3 Å². The Hall–Kier alpha value is -2.42. The van der Waals surface area contributed by atoms with Gasteiger partial charge in [-0.15, -0.1) is 0 Å². The normalized spacial score (nSPS) is 25.6. The third-order valence-corrected chi connectivity index (χ3v) is 9.27. The number of nitrogens with zero attached hydrogens (tertiary/aromatic N) is 6. The number of carboxylic acid groups (broad SMARTS) is 1. The van der Waals surface area contributed by atoms with Gasteiger partial charge in [0.2, 0.25) is 0 Å². The van der Waals surface area contributed by atoms with Gasteiger partial charge in [0.05, 0.1) is 23.9 Å². The van der Waals surface area contributed by atoms with Crippen LogP contribution in [0.4, 0.5) is 5.82 Å². The van der Waals surface area contributed by atoms with E-state index in [1.807, 2.05) is 29.9 Å². The predicted molar refractivity (Wildman–Crippen MR) is 144 cm³/mol. The highest BCUT2D eigenvalue weighted by Gasteiger charge is 2.42. The summed E-state index contributed by atoms with van der Waals surface area (Å²) in [6.45, 7) is 8.17. The van der Waals surface area contributed by atoms with E-state index in [1.165, 1.54) is 12.8 Å². The zero-order chi connectivity index (χ0) is 25.8. The summed E-state index contributed by atoms with van der Waals surface area (Å²) in [5.41, 5.74) is 3.35. The fourth-order valence-corrected chi connectivity index (χ4v) is 6.84. The molecule has 0 bridgehead atoms. The van der Waals surface area contributed by atoms with Crippen molar-refractivity contribution in [2.45, 2.75) is 51.6 Å². The molecule has 6 rings (SSSR count). The van der Waals surface area contributed by atoms with E-state index >= 15 is 0 Å². The summed E-state index contributed by atoms with van der Waals surface area (Å²) in [6, 6.07) is 5.88. The number of aliphatic carboxylic acids is 1. The molecule has 1 saturated carbocycles. The molecule has 3 aromatic rings. The molecule has 0 spiro atoms. The van der Waals surface area contributed by atoms with Gasteiger partial charge in [0.25, 0.3) is 0 Å². The van der Waals surface area contributed by atoms with Gasteiger partial charge in [0, 0.05) is 35.7 Å². The standard InChI is InChI=1S/C27H32Cl2N6O2/c1-15-25-26(35(32-15)16(2)22-6-5-20(28)10-23(22)29)31-24(11-30-25)34-13-19(14-34)17-4-3-7-33(12-17)21-8-18(9-21)27(36)37/h5-6,10-11,16-19,21H,3-4,7-9,12-14H2,1-2H3,(H,36,37)/t16?,17-,18?,21?/m0/s1. The smallest absolute Gasteiger partial charge is 0.306 e. The molecule has 2 atom stereocenters. The second-order valence-corrected chi connectivity index (χ2v) is 11.8. The number of piperidine rings is 1. The molecule has 196 valence electrons. The van der Waals surface area contributed by atoms with Gasteiger partial charge in [-0.25, -0.2) is 14.6 Å². The third-order valence-electron chi connectivity index (χ3n) is 8.71. The van der Waals surface area contributed by atoms with Crippen LogP contribution in [0.2, 0.25) is 10.0 Å². The molecule has 2 aliphatic heterocycles. The van der Waals surface area contributed by atoms with Crippen LogP contribution in [-0.4, -0.2) is 67.9 Å². The van der Waals surface area contributed by atoms with Gasteiger partial charge >= 0.3 is 5.97 Å². The van der Waals surface area contributed by atoms with E-state index in [1.54, 1.807) is 6.07 Å². The minimum absolute atomic E-state index is 0.116. The predicted octanol–water partition coefficient (Wildman–Crippen LogP) is 5.06. The average Bonchev–Trinajstić information content (AvgIpc) is 3.13. The fraction of sp³-hybridized carbons (Fsp3) is 0.556. The largest absolute Gasteiger partial charge is 0.481 e. The molecule has 10 heteroatoms. The van der Waals surface area contributed by atoms with Crippen LogP contribution in [0.1, 0.15) is 49.9 Å². The fourth-order valence-electron chi connectivity index (χ4n) is 6.28. The summed E-state index contributed by atoms with van der Waals surface area (Å²) in [4.78, 5) is 25.8. The maximum atomic E-state index is 11.2. The molecule has 1 aromatic carbocycles. The number of likely N-dealkylation sites (tertiary alicyclic amines) is 1. The number of rotatable bonds is 6. The lowest BCUT2D eigenvalue weighted by molar-refractivity contribution is -0.147. The number of aryl methyl sites for hydroxylation is 1. The number of carboxylic acids is 1. The first-order chi connectivity index (χ1) is 17.8. The molecule has 8 nitrogen and oxygen atoms in total. The maximum absolute atomic E-state index is 11.2. The van der Waals surface area contributed by atoms with E-state index in [9.17, 15) is 9.90 Å². The molecular weight excluding hydrogens is 511 g/mol. The maximum Gasteiger partial charge on any atom is 0.306 e. The van der Waals surface area contributed by atoms with Crippen molar-refractivity contribution in [3.63, 3.8) is 0 Å². The van der Waals surface area contributed by atoms with E-state index < -0.39 is 5.97 Å². The van der Waals surface area contributed by atoms with Crippen molar-refractivity contribution >= 4 is 46.2 Å². The van der Waals surface area contributed by atoms with Crippen molar-refractivity contribution in [1.29, 1.82) is 0 Å². The SMILES string of the molecule is Cc1nn(C(C)c2ccc(Cl)cc2Cl)c2nc(N3CC([C@H]4CCCN(C5CC(C(=O)O)C5)C4)C3)cnc12. The molecule has 0 amide bonds. The first-order valence-corrected chi connectivity index (χ1v) is 13.9. The van der Waals surface area contributed by atoms with Gasteiger partial charge in [0.15, 0.2) is 5.65 Å². The Kier molecular flexibility index (Phi) is 6.53. The quantitative estimate of drug-likeness (QED) is 0.465. The highest BCUT2D eigenvalue weighted by atomic mass is 35.5. The van der Waals surface area contributed by atoms with Crippen molar-refractivity contribution in [1.82, 2.24) is 24.6 Å². The lowest BCUT2D eigenvalue weighted by Gasteiger charge is -2.50. The van der Waals surface area contributed by atoms with Crippen molar-refractivity contribution in [2.24, 2.45) is 17.8 Å². The van der Waals surface area contributed by atoms with Gasteiger partial charge in [-0.05, 0) is 75.6 Å². The van der Waals surface area contributed by atoms with E-state index in [0.29, 0.717) is 27.9 Å². The third kappa shape index (κ3) is 4.57. The Labute approximate surface area is 226 Å². The Morgan fingerprint density at radius 2 is 1.95 bits per heavy atom. The van der Waals surface area contributed by atoms with Crippen molar-refractivity contribution in [3.8, 4) is 0 Å². The lowest BCUT2D eigenvalue weighted by Crippen LogP contribution is -2.56. The number of benzene rings is 1. The number of hydrogen-bond donors (Lipinski definition) is 1. The Balaban J connectivity index is 1.14. The number of fused-ring (bicyclic) bond motifs is 1. The van der Waals surface area contributed by atoms with Crippen LogP contribution in [0.25, 0.3) is 11.2 Å². The summed E-state index contributed by atoms with van der Waals surface area (Å²) in [5, 5.41) is 15.2. The number of hydrogen-bond acceptors (Lipinski definition) is 6. The van der Waals surface area contributed by atoms with Gasteiger partial charge in [-0.3, -0.25) is 4.79 Å². The van der Waals surface area contributed by atoms with Crippen LogP contribution >= 0.6 is 23.2 Å². The van der Waals surface area contributed by atoms with Crippen LogP contribution in [0, 0.1) is 24.7 Å². The van der Waals surface area contributed by atoms with E-state index in [0.717, 1.165) is 67.3 Å². The highest BCUT2D eigenvalue weighted by molar-refractivity contribution is 6.35. The Bertz CT molecular complexity index is 1330. The van der Waals surface area contributed by atoms with Gasteiger partial charge in [-0.2, -0.15) is 5.10 Å². The summed E-state index contributed by atoms with van der Waals surface area (Å²) in [6.07, 6.45) is 5.93. The zero-order valence-corrected chi connectivity index (χ0v) is 22.7. The summed E-state index contributed by atoms with van der Waals surface area (Å²) < 4.78 is 1.91. The van der Waals surface area contributed by atoms with Crippen molar-refractivity contribution in [3.05, 3.63) is 45.7 Å². The molecule has 1 N–H and O–H groups in total. The van der Waals surface area contributed by atoms with Crippen LogP contribution in [-0.2, 0) is 4.79 Å². The molecule has 0 radical (unpaired) electrons. The van der Waals surface area contributed by atoms with E-state index in [4.69, 9.17) is 38.3 Å². The summed E-state index contributed by atoms with van der Waals surface area (Å²) >= 11 is 12.6. The highest BCUT2D eigenvalue weighted by Crippen LogP contribution is 2.38. The second kappa shape index (κ2) is 9.71. The van der Waals surface area contributed by atoms with Crippen LogP contribution in [0.5, 0.6) is 0 Å². The molecule has 1 aliphatic carbocycles. The lowest BCUT2D eigenvalue weighted by atomic mass is 9.76. The molecule has 2 saturated heterocycles. The molecule has 1 unspecified atom stereocenters. The minimum atomic E-state index is -0.639. The van der Waals surface area contributed by atoms with E-state index in [2.05, 4.69) is 16.7 Å². The van der Waals surface area contributed by atoms with Crippen molar-refractivity contribution < 1.29 is 9.90 Å². The Morgan fingerprint density at radius 1 is 1.16 bits per heavy atom. The second-order valence-electron chi connectivity index (χ2n) is 11.0. The Morgan fingerprint density at radius 3 is 2.68 bits per heavy atom. The molecule has 37 heavy (non-hydrogen) atoms. The average molecular weight is 543 g/mol. The number of halogens is 2. The summed E-state index contributed by atoms with van der Waals surface area (Å²) in [7, 11) is 0. The van der Waals surface area contributed by atoms with Gasteiger partial charge < -0.3 is 14.9 Å². The molecule has 2 aromatic heterocycles. The number of carbonyl (C=O) groups is 1. The summed E-state index contributed by atoms with van der Waals surface area (Å²) in [5.74, 6) is 1.39.